The van der Waals surface area contributed by atoms with E-state index < -0.39 is 15.9 Å². The zero-order valence-electron chi connectivity index (χ0n) is 17.0. The summed E-state index contributed by atoms with van der Waals surface area (Å²) in [5, 5.41) is 0.473. The SMILES string of the molecule is Cc1ccc(S(=O)(=O)N(C(=O)/C=C/c2ccccc2Cl)c2cccc(C)c2C)cc1. The number of sulfonamides is 1. The van der Waals surface area contributed by atoms with Crippen LogP contribution < -0.4 is 4.31 Å². The van der Waals surface area contributed by atoms with Crippen LogP contribution in [0.4, 0.5) is 5.69 Å². The van der Waals surface area contributed by atoms with Crippen LogP contribution >= 0.6 is 11.6 Å². The fraction of sp³-hybridized carbons (Fsp3) is 0.125. The second-order valence-corrected chi connectivity index (χ2v) is 9.19. The van der Waals surface area contributed by atoms with Gasteiger partial charge < -0.3 is 0 Å². The largest absolute Gasteiger partial charge is 0.271 e. The van der Waals surface area contributed by atoms with E-state index in [-0.39, 0.29) is 4.90 Å². The Morgan fingerprint density at radius 3 is 2.23 bits per heavy atom. The molecule has 30 heavy (non-hydrogen) atoms. The van der Waals surface area contributed by atoms with Gasteiger partial charge in [0.2, 0.25) is 0 Å². The Hall–Kier alpha value is -2.89. The number of aryl methyl sites for hydroxylation is 2. The third-order valence-corrected chi connectivity index (χ3v) is 6.93. The predicted octanol–water partition coefficient (Wildman–Crippen LogP) is 5.70. The average Bonchev–Trinajstić information content (AvgIpc) is 2.71. The first kappa shape index (κ1) is 21.8. The number of anilines is 1. The lowest BCUT2D eigenvalue weighted by atomic mass is 10.1. The second-order valence-electron chi connectivity index (χ2n) is 6.99. The third-order valence-electron chi connectivity index (χ3n) is 4.86. The summed E-state index contributed by atoms with van der Waals surface area (Å²) in [7, 11) is -4.12. The van der Waals surface area contributed by atoms with E-state index >= 15 is 0 Å². The lowest BCUT2D eigenvalue weighted by Crippen LogP contribution is -2.36. The van der Waals surface area contributed by atoms with Crippen LogP contribution in [0.25, 0.3) is 6.08 Å². The molecule has 0 aliphatic carbocycles. The van der Waals surface area contributed by atoms with Gasteiger partial charge in [-0.3, -0.25) is 4.79 Å². The van der Waals surface area contributed by atoms with Gasteiger partial charge in [-0.1, -0.05) is 59.6 Å². The van der Waals surface area contributed by atoms with Gasteiger partial charge >= 0.3 is 0 Å². The van der Waals surface area contributed by atoms with E-state index in [1.54, 1.807) is 55.5 Å². The highest BCUT2D eigenvalue weighted by Crippen LogP contribution is 2.29. The summed E-state index contributed by atoms with van der Waals surface area (Å²) in [4.78, 5) is 13.2. The Kier molecular flexibility index (Phi) is 6.44. The standard InChI is InChI=1S/C24H22ClNO3S/c1-17-11-14-21(15-12-17)30(28,29)26(23-10-6-7-18(2)19(23)3)24(27)16-13-20-8-4-5-9-22(20)25/h4-16H,1-3H3/b16-13+. The van der Waals surface area contributed by atoms with Crippen LogP contribution in [0, 0.1) is 20.8 Å². The van der Waals surface area contributed by atoms with Gasteiger partial charge in [0.05, 0.1) is 10.6 Å². The molecule has 0 atom stereocenters. The third kappa shape index (κ3) is 4.48. The average molecular weight is 440 g/mol. The van der Waals surface area contributed by atoms with Crippen LogP contribution in [-0.4, -0.2) is 14.3 Å². The number of hydrogen-bond donors (Lipinski definition) is 0. The molecular formula is C24H22ClNO3S. The highest BCUT2D eigenvalue weighted by Gasteiger charge is 2.31. The molecule has 0 saturated heterocycles. The van der Waals surface area contributed by atoms with Crippen LogP contribution in [0.5, 0.6) is 0 Å². The molecular weight excluding hydrogens is 418 g/mol. The molecule has 0 radical (unpaired) electrons. The normalized spacial score (nSPS) is 11.6. The lowest BCUT2D eigenvalue weighted by molar-refractivity contribution is -0.113. The van der Waals surface area contributed by atoms with Crippen LogP contribution in [-0.2, 0) is 14.8 Å². The summed E-state index contributed by atoms with van der Waals surface area (Å²) >= 11 is 6.16. The summed E-state index contributed by atoms with van der Waals surface area (Å²) in [5.41, 5.74) is 3.48. The van der Waals surface area contributed by atoms with Crippen molar-refractivity contribution >= 4 is 39.3 Å². The molecule has 0 aromatic heterocycles. The fourth-order valence-electron chi connectivity index (χ4n) is 2.98. The summed E-state index contributed by atoms with van der Waals surface area (Å²) in [6.07, 6.45) is 2.75. The zero-order chi connectivity index (χ0) is 21.9. The maximum Gasteiger partial charge on any atom is 0.271 e. The van der Waals surface area contributed by atoms with Gasteiger partial charge in [-0.2, -0.15) is 4.31 Å². The monoisotopic (exact) mass is 439 g/mol. The van der Waals surface area contributed by atoms with E-state index in [2.05, 4.69) is 0 Å². The number of carbonyl (C=O) groups excluding carboxylic acids is 1. The second kappa shape index (κ2) is 8.86. The van der Waals surface area contributed by atoms with Crippen molar-refractivity contribution in [3.05, 3.63) is 100 Å². The van der Waals surface area contributed by atoms with Gasteiger partial charge in [0.15, 0.2) is 0 Å². The Balaban J connectivity index is 2.12. The van der Waals surface area contributed by atoms with Gasteiger partial charge in [-0.25, -0.2) is 8.42 Å². The lowest BCUT2D eigenvalue weighted by Gasteiger charge is -2.24. The highest BCUT2D eigenvalue weighted by molar-refractivity contribution is 7.93. The summed E-state index contributed by atoms with van der Waals surface area (Å²) in [6.45, 7) is 5.54. The summed E-state index contributed by atoms with van der Waals surface area (Å²) in [5.74, 6) is -0.677. The summed E-state index contributed by atoms with van der Waals surface area (Å²) in [6, 6.07) is 18.7. The smallest absolute Gasteiger partial charge is 0.268 e. The number of rotatable bonds is 5. The van der Waals surface area contributed by atoms with E-state index in [1.165, 1.54) is 24.3 Å². The number of benzene rings is 3. The van der Waals surface area contributed by atoms with Crippen molar-refractivity contribution in [1.82, 2.24) is 0 Å². The van der Waals surface area contributed by atoms with Crippen molar-refractivity contribution in [2.45, 2.75) is 25.7 Å². The molecule has 0 unspecified atom stereocenters. The molecule has 3 rings (SSSR count). The number of hydrogen-bond acceptors (Lipinski definition) is 3. The number of amides is 1. The fourth-order valence-corrected chi connectivity index (χ4v) is 4.62. The first-order valence-corrected chi connectivity index (χ1v) is 11.2. The molecule has 154 valence electrons. The maximum atomic E-state index is 13.5. The van der Waals surface area contributed by atoms with Crippen molar-refractivity contribution in [1.29, 1.82) is 0 Å². The first-order chi connectivity index (χ1) is 14.2. The quantitative estimate of drug-likeness (QED) is 0.479. The minimum absolute atomic E-state index is 0.0495. The molecule has 3 aromatic carbocycles. The highest BCUT2D eigenvalue weighted by atomic mass is 35.5. The molecule has 0 N–H and O–H groups in total. The van der Waals surface area contributed by atoms with Crippen LogP contribution in [0.3, 0.4) is 0 Å². The Bertz CT molecular complexity index is 1220. The summed E-state index contributed by atoms with van der Waals surface area (Å²) < 4.78 is 27.8. The minimum atomic E-state index is -4.12. The van der Waals surface area contributed by atoms with E-state index in [0.717, 1.165) is 15.4 Å². The maximum absolute atomic E-state index is 13.5. The minimum Gasteiger partial charge on any atom is -0.268 e. The molecule has 4 nitrogen and oxygen atoms in total. The van der Waals surface area contributed by atoms with E-state index in [9.17, 15) is 13.2 Å². The Labute approximate surface area is 182 Å². The van der Waals surface area contributed by atoms with Gasteiger partial charge in [0, 0.05) is 11.1 Å². The molecule has 6 heteroatoms. The molecule has 0 saturated carbocycles. The van der Waals surface area contributed by atoms with Crippen LogP contribution in [0.1, 0.15) is 22.3 Å². The molecule has 1 amide bonds. The van der Waals surface area contributed by atoms with E-state index in [4.69, 9.17) is 11.6 Å². The topological polar surface area (TPSA) is 54.5 Å². The van der Waals surface area contributed by atoms with Crippen molar-refractivity contribution in [2.75, 3.05) is 4.31 Å². The predicted molar refractivity (Wildman–Crippen MR) is 122 cm³/mol. The van der Waals surface area contributed by atoms with Gasteiger partial charge in [-0.15, -0.1) is 0 Å². The zero-order valence-corrected chi connectivity index (χ0v) is 18.5. The molecule has 0 fully saturated rings. The van der Waals surface area contributed by atoms with Crippen LogP contribution in [0.15, 0.2) is 77.7 Å². The van der Waals surface area contributed by atoms with E-state index in [1.807, 2.05) is 19.9 Å². The molecule has 0 heterocycles. The molecule has 0 aliphatic rings. The molecule has 0 aliphatic heterocycles. The molecule has 0 spiro atoms. The van der Waals surface area contributed by atoms with E-state index in [0.29, 0.717) is 21.8 Å². The Morgan fingerprint density at radius 1 is 0.900 bits per heavy atom. The van der Waals surface area contributed by atoms with Crippen molar-refractivity contribution in [2.24, 2.45) is 0 Å². The van der Waals surface area contributed by atoms with Gasteiger partial charge in [0.25, 0.3) is 15.9 Å². The molecule has 0 bridgehead atoms. The van der Waals surface area contributed by atoms with Gasteiger partial charge in [0.1, 0.15) is 0 Å². The van der Waals surface area contributed by atoms with Gasteiger partial charge in [-0.05, 0) is 67.8 Å². The van der Waals surface area contributed by atoms with Crippen LogP contribution in [0.2, 0.25) is 5.02 Å². The Morgan fingerprint density at radius 2 is 1.57 bits per heavy atom. The van der Waals surface area contributed by atoms with Crippen molar-refractivity contribution in [3.63, 3.8) is 0 Å². The number of carbonyl (C=O) groups is 1. The van der Waals surface area contributed by atoms with Crippen molar-refractivity contribution in [3.8, 4) is 0 Å². The van der Waals surface area contributed by atoms with Crippen molar-refractivity contribution < 1.29 is 13.2 Å². The number of nitrogens with zero attached hydrogens (tertiary/aromatic N) is 1. The number of halogens is 1. The molecule has 3 aromatic rings. The first-order valence-electron chi connectivity index (χ1n) is 9.36.